The Bertz CT molecular complexity index is 187. The van der Waals surface area contributed by atoms with Crippen molar-refractivity contribution in [1.82, 2.24) is 0 Å². The molecule has 84 valence electrons. The summed E-state index contributed by atoms with van der Waals surface area (Å²) in [5.74, 6) is -4.57. The van der Waals surface area contributed by atoms with Crippen molar-refractivity contribution in [3.05, 3.63) is 12.7 Å². The Balaban J connectivity index is 4.23. The smallest absolute Gasteiger partial charge is 0.371 e. The summed E-state index contributed by atoms with van der Waals surface area (Å²) in [6.45, 7) is 1.10. The largest absolute Gasteiger partial charge is 0.425 e. The first kappa shape index (κ1) is 13.3. The molecule has 1 atom stereocenters. The molecule has 0 spiro atoms. The van der Waals surface area contributed by atoms with Crippen molar-refractivity contribution < 1.29 is 31.1 Å². The van der Waals surface area contributed by atoms with Crippen LogP contribution in [0.4, 0.5) is 26.3 Å². The highest BCUT2D eigenvalue weighted by Crippen LogP contribution is 2.34. The molecule has 0 aromatic carbocycles. The Hall–Kier alpha value is -0.720. The predicted molar refractivity (Wildman–Crippen MR) is 36.9 cm³/mol. The summed E-state index contributed by atoms with van der Waals surface area (Å²) in [4.78, 5) is 0. The Kier molecular flexibility index (Phi) is 4.44. The first-order valence-electron chi connectivity index (χ1n) is 3.49. The minimum atomic E-state index is -5.58. The van der Waals surface area contributed by atoms with Crippen LogP contribution >= 0.6 is 0 Å². The highest BCUT2D eigenvalue weighted by molar-refractivity contribution is 4.83. The average Bonchev–Trinajstić information content (AvgIpc) is 2.01. The SMILES string of the molecule is C=CCOCC(F)(F)C(F)C(F)(F)F. The minimum Gasteiger partial charge on any atom is -0.371 e. The van der Waals surface area contributed by atoms with Gasteiger partial charge in [-0.05, 0) is 0 Å². The van der Waals surface area contributed by atoms with E-state index in [1.165, 1.54) is 0 Å². The van der Waals surface area contributed by atoms with Crippen molar-refractivity contribution in [2.75, 3.05) is 13.2 Å². The zero-order valence-electron chi connectivity index (χ0n) is 6.95. The van der Waals surface area contributed by atoms with Crippen LogP contribution in [0, 0.1) is 0 Å². The van der Waals surface area contributed by atoms with E-state index in [1.54, 1.807) is 0 Å². The van der Waals surface area contributed by atoms with E-state index in [4.69, 9.17) is 0 Å². The summed E-state index contributed by atoms with van der Waals surface area (Å²) in [5.41, 5.74) is 0. The van der Waals surface area contributed by atoms with E-state index in [1.807, 2.05) is 0 Å². The molecule has 0 saturated heterocycles. The zero-order chi connectivity index (χ0) is 11.4. The van der Waals surface area contributed by atoms with E-state index in [0.717, 1.165) is 6.08 Å². The third-order valence-electron chi connectivity index (χ3n) is 1.19. The number of rotatable bonds is 5. The fourth-order valence-electron chi connectivity index (χ4n) is 0.591. The molecule has 0 fully saturated rings. The van der Waals surface area contributed by atoms with Crippen molar-refractivity contribution >= 4 is 0 Å². The third kappa shape index (κ3) is 3.99. The lowest BCUT2D eigenvalue weighted by Crippen LogP contribution is -2.44. The Morgan fingerprint density at radius 1 is 1.21 bits per heavy atom. The molecule has 1 nitrogen and oxygen atoms in total. The van der Waals surface area contributed by atoms with Crippen molar-refractivity contribution in [3.63, 3.8) is 0 Å². The van der Waals surface area contributed by atoms with Crippen molar-refractivity contribution in [2.45, 2.75) is 18.3 Å². The molecule has 0 bridgehead atoms. The zero-order valence-corrected chi connectivity index (χ0v) is 6.95. The minimum absolute atomic E-state index is 0.361. The van der Waals surface area contributed by atoms with Gasteiger partial charge in [0.1, 0.15) is 6.61 Å². The highest BCUT2D eigenvalue weighted by atomic mass is 19.4. The molecule has 0 N–H and O–H groups in total. The van der Waals surface area contributed by atoms with E-state index >= 15 is 0 Å². The van der Waals surface area contributed by atoms with E-state index in [9.17, 15) is 26.3 Å². The van der Waals surface area contributed by atoms with Crippen LogP contribution in [0.5, 0.6) is 0 Å². The van der Waals surface area contributed by atoms with Crippen LogP contribution in [-0.4, -0.2) is 31.5 Å². The van der Waals surface area contributed by atoms with Crippen LogP contribution in [0.15, 0.2) is 12.7 Å². The second kappa shape index (κ2) is 4.68. The summed E-state index contributed by atoms with van der Waals surface area (Å²) >= 11 is 0. The lowest BCUT2D eigenvalue weighted by atomic mass is 10.2. The van der Waals surface area contributed by atoms with Crippen LogP contribution in [0.25, 0.3) is 0 Å². The first-order chi connectivity index (χ1) is 6.22. The predicted octanol–water partition coefficient (Wildman–Crippen LogP) is 2.72. The molecular formula is C7H8F6O. The van der Waals surface area contributed by atoms with Gasteiger partial charge in [-0.25, -0.2) is 13.2 Å². The fourth-order valence-corrected chi connectivity index (χ4v) is 0.591. The number of alkyl halides is 6. The van der Waals surface area contributed by atoms with Crippen LogP contribution in [-0.2, 0) is 4.74 Å². The van der Waals surface area contributed by atoms with Gasteiger partial charge in [0.2, 0.25) is 0 Å². The van der Waals surface area contributed by atoms with Crippen LogP contribution < -0.4 is 0 Å². The van der Waals surface area contributed by atoms with E-state index in [2.05, 4.69) is 11.3 Å². The Morgan fingerprint density at radius 2 is 1.71 bits per heavy atom. The number of halogens is 6. The van der Waals surface area contributed by atoms with Gasteiger partial charge in [0.15, 0.2) is 0 Å². The van der Waals surface area contributed by atoms with Gasteiger partial charge in [-0.2, -0.15) is 13.2 Å². The highest BCUT2D eigenvalue weighted by Gasteiger charge is 2.56. The van der Waals surface area contributed by atoms with Gasteiger partial charge in [-0.15, -0.1) is 6.58 Å². The normalized spacial score (nSPS) is 15.3. The summed E-state index contributed by atoms with van der Waals surface area (Å²) in [6, 6.07) is 0. The molecule has 14 heavy (non-hydrogen) atoms. The Labute approximate surface area is 76.3 Å². The molecule has 0 saturated carbocycles. The van der Waals surface area contributed by atoms with Gasteiger partial charge >= 0.3 is 12.1 Å². The summed E-state index contributed by atoms with van der Waals surface area (Å²) < 4.78 is 75.5. The van der Waals surface area contributed by atoms with Gasteiger partial charge in [-0.1, -0.05) is 6.08 Å². The van der Waals surface area contributed by atoms with Crippen molar-refractivity contribution in [3.8, 4) is 0 Å². The second-order valence-corrected chi connectivity index (χ2v) is 2.47. The van der Waals surface area contributed by atoms with E-state index < -0.39 is 24.9 Å². The molecule has 0 aromatic rings. The topological polar surface area (TPSA) is 9.23 Å². The molecular weight excluding hydrogens is 214 g/mol. The maximum absolute atomic E-state index is 12.4. The molecule has 0 aliphatic carbocycles. The second-order valence-electron chi connectivity index (χ2n) is 2.47. The van der Waals surface area contributed by atoms with E-state index in [0.29, 0.717) is 0 Å². The standard InChI is InChI=1S/C7H8F6O/c1-2-3-14-4-6(9,10)5(8)7(11,12)13/h2,5H,1,3-4H2. The van der Waals surface area contributed by atoms with Crippen molar-refractivity contribution in [1.29, 1.82) is 0 Å². The van der Waals surface area contributed by atoms with Gasteiger partial charge in [-0.3, -0.25) is 0 Å². The van der Waals surface area contributed by atoms with Gasteiger partial charge in [0.05, 0.1) is 6.61 Å². The quantitative estimate of drug-likeness (QED) is 0.395. The first-order valence-corrected chi connectivity index (χ1v) is 3.49. The van der Waals surface area contributed by atoms with Gasteiger partial charge in [0.25, 0.3) is 6.17 Å². The summed E-state index contributed by atoms with van der Waals surface area (Å²) in [6.07, 6.45) is -8.72. The molecule has 0 aromatic heterocycles. The maximum atomic E-state index is 12.4. The lowest BCUT2D eigenvalue weighted by Gasteiger charge is -2.22. The molecule has 0 amide bonds. The number of ether oxygens (including phenoxy) is 1. The molecule has 7 heteroatoms. The van der Waals surface area contributed by atoms with Crippen molar-refractivity contribution in [2.24, 2.45) is 0 Å². The fraction of sp³-hybridized carbons (Fsp3) is 0.714. The van der Waals surface area contributed by atoms with Crippen LogP contribution in [0.2, 0.25) is 0 Å². The van der Waals surface area contributed by atoms with Crippen LogP contribution in [0.1, 0.15) is 0 Å². The molecule has 0 radical (unpaired) electrons. The monoisotopic (exact) mass is 222 g/mol. The summed E-state index contributed by atoms with van der Waals surface area (Å²) in [7, 11) is 0. The van der Waals surface area contributed by atoms with E-state index in [-0.39, 0.29) is 6.61 Å². The van der Waals surface area contributed by atoms with Gasteiger partial charge < -0.3 is 4.74 Å². The molecule has 0 heterocycles. The Morgan fingerprint density at radius 3 is 2.07 bits per heavy atom. The van der Waals surface area contributed by atoms with Crippen LogP contribution in [0.3, 0.4) is 0 Å². The molecule has 0 aliphatic heterocycles. The molecule has 0 aliphatic rings. The molecule has 0 rings (SSSR count). The third-order valence-corrected chi connectivity index (χ3v) is 1.19. The molecule has 1 unspecified atom stereocenters. The van der Waals surface area contributed by atoms with Gasteiger partial charge in [0, 0.05) is 0 Å². The average molecular weight is 222 g/mol. The maximum Gasteiger partial charge on any atom is 0.425 e. The lowest BCUT2D eigenvalue weighted by molar-refractivity contribution is -0.254. The number of hydrogen-bond acceptors (Lipinski definition) is 1. The number of hydrogen-bond donors (Lipinski definition) is 0. The summed E-state index contributed by atoms with van der Waals surface area (Å²) in [5, 5.41) is 0.